The van der Waals surface area contributed by atoms with Crippen LogP contribution in [0.5, 0.6) is 0 Å². The molecule has 2 N–H and O–H groups in total. The number of hydrogen-bond donors (Lipinski definition) is 1. The number of anilines is 1. The number of piperidine rings is 2. The quantitative estimate of drug-likeness (QED) is 0.927. The van der Waals surface area contributed by atoms with E-state index < -0.39 is 0 Å². The van der Waals surface area contributed by atoms with Crippen LogP contribution in [-0.2, 0) is 0 Å². The lowest BCUT2D eigenvalue weighted by molar-refractivity contribution is 0.141. The zero-order chi connectivity index (χ0) is 14.7. The number of nitrogens with zero attached hydrogens (tertiary/aromatic N) is 2. The Bertz CT molecular complexity index is 444. The topological polar surface area (TPSA) is 32.5 Å². The third-order valence-electron chi connectivity index (χ3n) is 5.14. The molecule has 2 aliphatic rings. The van der Waals surface area contributed by atoms with Crippen molar-refractivity contribution in [3.8, 4) is 0 Å². The number of benzene rings is 1. The van der Waals surface area contributed by atoms with Crippen molar-refractivity contribution >= 4 is 5.69 Å². The Balaban J connectivity index is 1.63. The van der Waals surface area contributed by atoms with Crippen LogP contribution in [0.2, 0.25) is 0 Å². The zero-order valence-electron chi connectivity index (χ0n) is 13.3. The molecular formula is C18H29N3. The number of rotatable bonds is 3. The van der Waals surface area contributed by atoms with E-state index in [9.17, 15) is 0 Å². The molecule has 3 rings (SSSR count). The van der Waals surface area contributed by atoms with E-state index in [1.54, 1.807) is 0 Å². The van der Waals surface area contributed by atoms with Crippen molar-refractivity contribution in [2.45, 2.75) is 51.1 Å². The molecule has 3 nitrogen and oxygen atoms in total. The average molecular weight is 287 g/mol. The molecule has 21 heavy (non-hydrogen) atoms. The van der Waals surface area contributed by atoms with Gasteiger partial charge in [-0.1, -0.05) is 24.6 Å². The highest BCUT2D eigenvalue weighted by atomic mass is 15.2. The van der Waals surface area contributed by atoms with Gasteiger partial charge in [-0.25, -0.2) is 0 Å². The van der Waals surface area contributed by atoms with Gasteiger partial charge >= 0.3 is 0 Å². The standard InChI is InChI=1S/C18H29N3/c1-15(19)17-7-3-4-8-18(17)21-13-9-16(10-14-21)20-11-5-2-6-12-20/h3-4,7-8,15-16H,2,5-6,9-14,19H2,1H3. The minimum atomic E-state index is 0.112. The summed E-state index contributed by atoms with van der Waals surface area (Å²) in [5, 5.41) is 0. The van der Waals surface area contributed by atoms with E-state index in [1.807, 2.05) is 0 Å². The normalized spacial score (nSPS) is 23.2. The third kappa shape index (κ3) is 3.41. The Kier molecular flexibility index (Phi) is 4.81. The maximum atomic E-state index is 6.13. The summed E-state index contributed by atoms with van der Waals surface area (Å²) in [6.07, 6.45) is 6.82. The monoisotopic (exact) mass is 287 g/mol. The second kappa shape index (κ2) is 6.80. The molecule has 1 aromatic rings. The molecule has 0 aromatic heterocycles. The molecular weight excluding hydrogens is 258 g/mol. The van der Waals surface area contributed by atoms with Crippen LogP contribution in [0.4, 0.5) is 5.69 Å². The highest BCUT2D eigenvalue weighted by Crippen LogP contribution is 2.29. The van der Waals surface area contributed by atoms with Gasteiger partial charge in [0.15, 0.2) is 0 Å². The van der Waals surface area contributed by atoms with Gasteiger partial charge in [-0.2, -0.15) is 0 Å². The number of nitrogens with two attached hydrogens (primary N) is 1. The molecule has 2 saturated heterocycles. The van der Waals surface area contributed by atoms with Crippen molar-refractivity contribution < 1.29 is 0 Å². The van der Waals surface area contributed by atoms with Crippen LogP contribution >= 0.6 is 0 Å². The first-order valence-corrected chi connectivity index (χ1v) is 8.59. The SMILES string of the molecule is CC(N)c1ccccc1N1CCC(N2CCCCC2)CC1. The van der Waals surface area contributed by atoms with Crippen LogP contribution in [0.25, 0.3) is 0 Å². The predicted molar refractivity (Wildman–Crippen MR) is 89.7 cm³/mol. The fourth-order valence-corrected chi connectivity index (χ4v) is 3.92. The van der Waals surface area contributed by atoms with Gasteiger partial charge in [-0.3, -0.25) is 0 Å². The van der Waals surface area contributed by atoms with Crippen molar-refractivity contribution in [3.05, 3.63) is 29.8 Å². The van der Waals surface area contributed by atoms with E-state index in [-0.39, 0.29) is 6.04 Å². The Morgan fingerprint density at radius 3 is 2.33 bits per heavy atom. The molecule has 3 heteroatoms. The Morgan fingerprint density at radius 2 is 1.67 bits per heavy atom. The molecule has 2 fully saturated rings. The average Bonchev–Trinajstić information content (AvgIpc) is 2.56. The van der Waals surface area contributed by atoms with E-state index >= 15 is 0 Å². The Labute approximate surface area is 129 Å². The molecule has 0 spiro atoms. The van der Waals surface area contributed by atoms with E-state index in [1.165, 1.54) is 69.5 Å². The third-order valence-corrected chi connectivity index (χ3v) is 5.14. The molecule has 2 aliphatic heterocycles. The van der Waals surface area contributed by atoms with Gasteiger partial charge in [0.1, 0.15) is 0 Å². The summed E-state index contributed by atoms with van der Waals surface area (Å²) in [6, 6.07) is 9.57. The molecule has 0 aliphatic carbocycles. The maximum Gasteiger partial charge on any atom is 0.0414 e. The van der Waals surface area contributed by atoms with Gasteiger partial charge < -0.3 is 15.5 Å². The van der Waals surface area contributed by atoms with Gasteiger partial charge in [-0.15, -0.1) is 0 Å². The van der Waals surface area contributed by atoms with Crippen LogP contribution in [0.15, 0.2) is 24.3 Å². The van der Waals surface area contributed by atoms with Crippen molar-refractivity contribution in [2.75, 3.05) is 31.1 Å². The molecule has 116 valence electrons. The molecule has 1 unspecified atom stereocenters. The van der Waals surface area contributed by atoms with E-state index in [0.717, 1.165) is 6.04 Å². The zero-order valence-corrected chi connectivity index (χ0v) is 13.3. The lowest BCUT2D eigenvalue weighted by atomic mass is 9.98. The van der Waals surface area contributed by atoms with Crippen molar-refractivity contribution in [3.63, 3.8) is 0 Å². The van der Waals surface area contributed by atoms with E-state index in [0.29, 0.717) is 0 Å². The highest BCUT2D eigenvalue weighted by molar-refractivity contribution is 5.55. The van der Waals surface area contributed by atoms with Crippen molar-refractivity contribution in [1.82, 2.24) is 4.90 Å². The molecule has 1 aromatic carbocycles. The van der Waals surface area contributed by atoms with Crippen LogP contribution < -0.4 is 10.6 Å². The van der Waals surface area contributed by atoms with Crippen LogP contribution in [0.3, 0.4) is 0 Å². The molecule has 0 bridgehead atoms. The lowest BCUT2D eigenvalue weighted by Crippen LogP contribution is -2.47. The van der Waals surface area contributed by atoms with Gasteiger partial charge in [0.05, 0.1) is 0 Å². The Hall–Kier alpha value is -1.06. The summed E-state index contributed by atoms with van der Waals surface area (Å²) >= 11 is 0. The van der Waals surface area contributed by atoms with Gasteiger partial charge in [-0.05, 0) is 57.3 Å². The summed E-state index contributed by atoms with van der Waals surface area (Å²) in [5.74, 6) is 0. The molecule has 0 radical (unpaired) electrons. The van der Waals surface area contributed by atoms with E-state index in [2.05, 4.69) is 41.0 Å². The first kappa shape index (κ1) is 14.9. The van der Waals surface area contributed by atoms with Gasteiger partial charge in [0.2, 0.25) is 0 Å². The lowest BCUT2D eigenvalue weighted by Gasteiger charge is -2.41. The second-order valence-corrected chi connectivity index (χ2v) is 6.66. The minimum Gasteiger partial charge on any atom is -0.371 e. The van der Waals surface area contributed by atoms with Crippen molar-refractivity contribution in [2.24, 2.45) is 5.73 Å². The van der Waals surface area contributed by atoms with Gasteiger partial charge in [0.25, 0.3) is 0 Å². The highest BCUT2D eigenvalue weighted by Gasteiger charge is 2.26. The first-order chi connectivity index (χ1) is 10.3. The molecule has 1 atom stereocenters. The fraction of sp³-hybridized carbons (Fsp3) is 0.667. The first-order valence-electron chi connectivity index (χ1n) is 8.59. The summed E-state index contributed by atoms with van der Waals surface area (Å²) in [7, 11) is 0. The minimum absolute atomic E-state index is 0.112. The van der Waals surface area contributed by atoms with Crippen LogP contribution in [-0.4, -0.2) is 37.1 Å². The molecule has 2 heterocycles. The molecule has 0 amide bonds. The smallest absolute Gasteiger partial charge is 0.0414 e. The Morgan fingerprint density at radius 1 is 1.00 bits per heavy atom. The van der Waals surface area contributed by atoms with Crippen LogP contribution in [0.1, 0.15) is 50.6 Å². The summed E-state index contributed by atoms with van der Waals surface area (Å²) in [6.45, 7) is 7.07. The number of likely N-dealkylation sites (tertiary alicyclic amines) is 1. The van der Waals surface area contributed by atoms with Crippen molar-refractivity contribution in [1.29, 1.82) is 0 Å². The van der Waals surface area contributed by atoms with Crippen LogP contribution in [0, 0.1) is 0 Å². The summed E-state index contributed by atoms with van der Waals surface area (Å²) in [4.78, 5) is 5.28. The summed E-state index contributed by atoms with van der Waals surface area (Å²) in [5.41, 5.74) is 8.77. The predicted octanol–water partition coefficient (Wildman–Crippen LogP) is 3.16. The maximum absolute atomic E-state index is 6.13. The number of para-hydroxylation sites is 1. The van der Waals surface area contributed by atoms with Gasteiger partial charge in [0, 0.05) is 30.9 Å². The fourth-order valence-electron chi connectivity index (χ4n) is 3.92. The number of hydrogen-bond acceptors (Lipinski definition) is 3. The van der Waals surface area contributed by atoms with E-state index in [4.69, 9.17) is 5.73 Å². The molecule has 0 saturated carbocycles. The largest absolute Gasteiger partial charge is 0.371 e. The second-order valence-electron chi connectivity index (χ2n) is 6.66. The summed E-state index contributed by atoms with van der Waals surface area (Å²) < 4.78 is 0.